The van der Waals surface area contributed by atoms with Gasteiger partial charge in [0, 0.05) is 17.3 Å². The van der Waals surface area contributed by atoms with Crippen LogP contribution in [0.1, 0.15) is 40.9 Å². The second kappa shape index (κ2) is 8.19. The van der Waals surface area contributed by atoms with Gasteiger partial charge in [0.25, 0.3) is 5.91 Å². The van der Waals surface area contributed by atoms with Crippen LogP contribution < -0.4 is 9.21 Å². The molecule has 0 N–H and O–H groups in total. The van der Waals surface area contributed by atoms with Crippen LogP contribution in [-0.4, -0.2) is 26.6 Å². The lowest BCUT2D eigenvalue weighted by Gasteiger charge is -2.43. The van der Waals surface area contributed by atoms with Crippen LogP contribution in [0.15, 0.2) is 78.9 Å². The highest BCUT2D eigenvalue weighted by atomic mass is 32.2. The predicted molar refractivity (Wildman–Crippen MR) is 125 cm³/mol. The number of sulfonamides is 1. The van der Waals surface area contributed by atoms with Crippen LogP contribution in [0.5, 0.6) is 0 Å². The number of benzene rings is 3. The molecule has 0 saturated carbocycles. The Kier molecular flexibility index (Phi) is 5.58. The largest absolute Gasteiger partial charge is 0.305 e. The van der Waals surface area contributed by atoms with E-state index in [4.69, 9.17) is 0 Å². The van der Waals surface area contributed by atoms with E-state index in [1.807, 2.05) is 80.6 Å². The normalized spacial score (nSPS) is 18.4. The summed E-state index contributed by atoms with van der Waals surface area (Å²) in [6, 6.07) is 23.7. The zero-order chi connectivity index (χ0) is 22.2. The molecule has 160 valence electrons. The SMILES string of the molecule is Cc1ccc(C(=O)N2c3ccccc3[C@H](N(c3ccccc3)S(C)(=O)=O)C[C@H]2C)cc1. The van der Waals surface area contributed by atoms with Gasteiger partial charge in [0.2, 0.25) is 10.0 Å². The number of rotatable bonds is 4. The molecule has 0 bridgehead atoms. The molecule has 4 rings (SSSR count). The minimum Gasteiger partial charge on any atom is -0.305 e. The van der Waals surface area contributed by atoms with Crippen LogP contribution in [0.3, 0.4) is 0 Å². The Morgan fingerprint density at radius 1 is 0.935 bits per heavy atom. The molecule has 2 atom stereocenters. The summed E-state index contributed by atoms with van der Waals surface area (Å²) in [5, 5.41) is 0. The van der Waals surface area contributed by atoms with E-state index in [0.717, 1.165) is 16.8 Å². The Balaban J connectivity index is 1.81. The van der Waals surface area contributed by atoms with Gasteiger partial charge in [0.05, 0.1) is 18.0 Å². The lowest BCUT2D eigenvalue weighted by atomic mass is 9.90. The maximum Gasteiger partial charge on any atom is 0.258 e. The molecule has 3 aromatic rings. The topological polar surface area (TPSA) is 57.7 Å². The standard InChI is InChI=1S/C25H26N2O3S/c1-18-13-15-20(16-14-18)25(28)26-19(2)17-24(22-11-7-8-12-23(22)26)27(31(3,29)30)21-9-5-4-6-10-21/h4-16,19,24H,17H2,1-3H3/t19-,24-/m1/s1. The van der Waals surface area contributed by atoms with Crippen LogP contribution in [0, 0.1) is 6.92 Å². The number of aryl methyl sites for hydroxylation is 1. The van der Waals surface area contributed by atoms with Crippen molar-refractivity contribution < 1.29 is 13.2 Å². The first-order valence-electron chi connectivity index (χ1n) is 10.3. The molecule has 31 heavy (non-hydrogen) atoms. The lowest BCUT2D eigenvalue weighted by molar-refractivity contribution is 0.0974. The van der Waals surface area contributed by atoms with Crippen LogP contribution in [-0.2, 0) is 10.0 Å². The van der Waals surface area contributed by atoms with E-state index in [0.29, 0.717) is 17.7 Å². The first kappa shape index (κ1) is 21.1. The van der Waals surface area contributed by atoms with E-state index in [1.54, 1.807) is 17.0 Å². The fourth-order valence-electron chi connectivity index (χ4n) is 4.33. The molecule has 1 aliphatic rings. The Morgan fingerprint density at radius 2 is 1.55 bits per heavy atom. The van der Waals surface area contributed by atoms with Crippen molar-refractivity contribution in [3.05, 3.63) is 95.6 Å². The monoisotopic (exact) mass is 434 g/mol. The fraction of sp³-hybridized carbons (Fsp3) is 0.240. The van der Waals surface area contributed by atoms with Gasteiger partial charge in [-0.3, -0.25) is 9.10 Å². The summed E-state index contributed by atoms with van der Waals surface area (Å²) in [4.78, 5) is 15.2. The van der Waals surface area contributed by atoms with Gasteiger partial charge in [-0.05, 0) is 56.2 Å². The molecule has 1 amide bonds. The highest BCUT2D eigenvalue weighted by Crippen LogP contribution is 2.43. The lowest BCUT2D eigenvalue weighted by Crippen LogP contribution is -2.47. The molecule has 0 fully saturated rings. The molecule has 0 aromatic heterocycles. The number of carbonyl (C=O) groups excluding carboxylic acids is 1. The van der Waals surface area contributed by atoms with Crippen molar-refractivity contribution in [2.24, 2.45) is 0 Å². The minimum absolute atomic E-state index is 0.0796. The summed E-state index contributed by atoms with van der Waals surface area (Å²) < 4.78 is 27.2. The smallest absolute Gasteiger partial charge is 0.258 e. The molecule has 1 aliphatic heterocycles. The molecule has 0 aliphatic carbocycles. The summed E-state index contributed by atoms with van der Waals surface area (Å²) in [5.74, 6) is -0.0796. The Hall–Kier alpha value is -3.12. The number of anilines is 2. The van der Waals surface area contributed by atoms with Crippen LogP contribution in [0.4, 0.5) is 11.4 Å². The van der Waals surface area contributed by atoms with Crippen molar-refractivity contribution >= 4 is 27.3 Å². The maximum absolute atomic E-state index is 13.4. The summed E-state index contributed by atoms with van der Waals surface area (Å²) in [6.07, 6.45) is 1.73. The fourth-order valence-corrected chi connectivity index (χ4v) is 5.49. The molecule has 0 saturated heterocycles. The second-order valence-electron chi connectivity index (χ2n) is 8.09. The van der Waals surface area contributed by atoms with Gasteiger partial charge >= 0.3 is 0 Å². The zero-order valence-electron chi connectivity index (χ0n) is 17.9. The molecular formula is C25H26N2O3S. The van der Waals surface area contributed by atoms with Gasteiger partial charge < -0.3 is 4.90 Å². The van der Waals surface area contributed by atoms with Crippen molar-refractivity contribution in [1.29, 1.82) is 0 Å². The van der Waals surface area contributed by atoms with E-state index < -0.39 is 16.1 Å². The number of fused-ring (bicyclic) bond motifs is 1. The Labute approximate surface area is 184 Å². The molecular weight excluding hydrogens is 408 g/mol. The molecule has 5 nitrogen and oxygen atoms in total. The van der Waals surface area contributed by atoms with Gasteiger partial charge in [-0.25, -0.2) is 8.42 Å². The molecule has 0 radical (unpaired) electrons. The van der Waals surface area contributed by atoms with Crippen molar-refractivity contribution in [2.75, 3.05) is 15.5 Å². The van der Waals surface area contributed by atoms with E-state index in [-0.39, 0.29) is 11.9 Å². The highest BCUT2D eigenvalue weighted by molar-refractivity contribution is 7.92. The molecule has 0 unspecified atom stereocenters. The molecule has 1 heterocycles. The number of nitrogens with zero attached hydrogens (tertiary/aromatic N) is 2. The zero-order valence-corrected chi connectivity index (χ0v) is 18.7. The van der Waals surface area contributed by atoms with Gasteiger partial charge in [0.1, 0.15) is 0 Å². The highest BCUT2D eigenvalue weighted by Gasteiger charge is 2.39. The van der Waals surface area contributed by atoms with Crippen molar-refractivity contribution in [3.63, 3.8) is 0 Å². The van der Waals surface area contributed by atoms with Crippen LogP contribution in [0.25, 0.3) is 0 Å². The molecule has 3 aromatic carbocycles. The number of amides is 1. The quantitative estimate of drug-likeness (QED) is 0.584. The van der Waals surface area contributed by atoms with Crippen molar-refractivity contribution in [2.45, 2.75) is 32.4 Å². The first-order valence-corrected chi connectivity index (χ1v) is 12.2. The number of hydrogen-bond donors (Lipinski definition) is 0. The van der Waals surface area contributed by atoms with E-state index in [1.165, 1.54) is 10.6 Å². The third-order valence-electron chi connectivity index (χ3n) is 5.73. The molecule has 6 heteroatoms. The van der Waals surface area contributed by atoms with Gasteiger partial charge in [-0.15, -0.1) is 0 Å². The van der Waals surface area contributed by atoms with Crippen molar-refractivity contribution in [3.8, 4) is 0 Å². The number of hydrogen-bond acceptors (Lipinski definition) is 3. The van der Waals surface area contributed by atoms with E-state index in [9.17, 15) is 13.2 Å². The van der Waals surface area contributed by atoms with E-state index in [2.05, 4.69) is 0 Å². The summed E-state index contributed by atoms with van der Waals surface area (Å²) >= 11 is 0. The van der Waals surface area contributed by atoms with E-state index >= 15 is 0 Å². The summed E-state index contributed by atoms with van der Waals surface area (Å²) in [7, 11) is -3.55. The Bertz CT molecular complexity index is 1190. The molecule has 0 spiro atoms. The Morgan fingerprint density at radius 3 is 2.19 bits per heavy atom. The second-order valence-corrected chi connectivity index (χ2v) is 9.95. The summed E-state index contributed by atoms with van der Waals surface area (Å²) in [6.45, 7) is 3.96. The third kappa shape index (κ3) is 4.08. The van der Waals surface area contributed by atoms with Crippen molar-refractivity contribution in [1.82, 2.24) is 0 Å². The van der Waals surface area contributed by atoms with Gasteiger partial charge in [-0.2, -0.15) is 0 Å². The third-order valence-corrected chi connectivity index (χ3v) is 6.91. The van der Waals surface area contributed by atoms with Gasteiger partial charge in [0.15, 0.2) is 0 Å². The van der Waals surface area contributed by atoms with Crippen LogP contribution in [0.2, 0.25) is 0 Å². The summed E-state index contributed by atoms with van der Waals surface area (Å²) in [5.41, 5.74) is 3.91. The maximum atomic E-state index is 13.4. The number of para-hydroxylation sites is 2. The number of carbonyl (C=O) groups is 1. The predicted octanol–water partition coefficient (Wildman–Crippen LogP) is 4.94. The van der Waals surface area contributed by atoms with Gasteiger partial charge in [-0.1, -0.05) is 54.1 Å². The average Bonchev–Trinajstić information content (AvgIpc) is 2.74. The first-order chi connectivity index (χ1) is 14.8. The average molecular weight is 435 g/mol. The minimum atomic E-state index is -3.55. The van der Waals surface area contributed by atoms with Crippen LogP contribution >= 0.6 is 0 Å².